The molecule has 0 saturated carbocycles. The number of unbranched alkanes of at least 4 members (excludes halogenated alkanes) is 64. The van der Waals surface area contributed by atoms with Crippen LogP contribution < -0.4 is 0 Å². The average Bonchev–Trinajstić information content (AvgIpc) is 0.901. The summed E-state index contributed by atoms with van der Waals surface area (Å²) < 4.78 is 69.0. The third-order valence-electron chi connectivity index (χ3n) is 21.1. The van der Waals surface area contributed by atoms with Crippen molar-refractivity contribution in [3.05, 3.63) is 0 Å². The third kappa shape index (κ3) is 82.1. The number of rotatable bonds is 90. The highest BCUT2D eigenvalue weighted by molar-refractivity contribution is 7.47. The van der Waals surface area contributed by atoms with Crippen molar-refractivity contribution in [1.82, 2.24) is 0 Å². The maximum atomic E-state index is 13.2. The molecule has 642 valence electrons. The van der Waals surface area contributed by atoms with Crippen LogP contribution in [0.2, 0.25) is 0 Å². The largest absolute Gasteiger partial charge is 0.472 e. The van der Waals surface area contributed by atoms with Crippen LogP contribution in [0.25, 0.3) is 0 Å². The van der Waals surface area contributed by atoms with Crippen LogP contribution >= 0.6 is 15.6 Å². The fourth-order valence-corrected chi connectivity index (χ4v) is 15.6. The fourth-order valence-electron chi connectivity index (χ4n) is 14.1. The Bertz CT molecular complexity index is 2030. The number of aliphatic hydroxyl groups is 1. The second-order valence-corrected chi connectivity index (χ2v) is 34.9. The van der Waals surface area contributed by atoms with Gasteiger partial charge in [0.25, 0.3) is 0 Å². The van der Waals surface area contributed by atoms with E-state index in [9.17, 15) is 43.2 Å². The van der Waals surface area contributed by atoms with Gasteiger partial charge in [-0.2, -0.15) is 0 Å². The van der Waals surface area contributed by atoms with Gasteiger partial charge < -0.3 is 33.8 Å². The molecule has 0 radical (unpaired) electrons. The molecule has 2 unspecified atom stereocenters. The number of esters is 4. The van der Waals surface area contributed by atoms with Gasteiger partial charge in [-0.15, -0.1) is 0 Å². The zero-order chi connectivity index (χ0) is 78.9. The maximum Gasteiger partial charge on any atom is 0.472 e. The molecule has 19 heteroatoms. The molecular formula is C89H174O17P2. The molecule has 0 aromatic rings. The van der Waals surface area contributed by atoms with E-state index in [4.69, 9.17) is 37.0 Å². The second kappa shape index (κ2) is 83.0. The number of aliphatic hydroxyl groups excluding tert-OH is 1. The quantitative estimate of drug-likeness (QED) is 0.0222. The minimum Gasteiger partial charge on any atom is -0.462 e. The minimum absolute atomic E-state index is 0.109. The number of ether oxygens (including phenoxy) is 4. The lowest BCUT2D eigenvalue weighted by Crippen LogP contribution is -2.30. The van der Waals surface area contributed by atoms with Crippen LogP contribution in [0.3, 0.4) is 0 Å². The van der Waals surface area contributed by atoms with Crippen molar-refractivity contribution < 1.29 is 80.2 Å². The van der Waals surface area contributed by atoms with Crippen LogP contribution in [0, 0.1) is 0 Å². The summed E-state index contributed by atoms with van der Waals surface area (Å²) in [5, 5.41) is 10.7. The van der Waals surface area contributed by atoms with Crippen molar-refractivity contribution in [2.75, 3.05) is 39.6 Å². The third-order valence-corrected chi connectivity index (χ3v) is 23.0. The van der Waals surface area contributed by atoms with Crippen LogP contribution in [0.4, 0.5) is 0 Å². The average molecular weight is 1580 g/mol. The highest BCUT2D eigenvalue weighted by atomic mass is 31.2. The van der Waals surface area contributed by atoms with Crippen LogP contribution in [-0.2, 0) is 65.4 Å². The topological polar surface area (TPSA) is 237 Å². The monoisotopic (exact) mass is 1580 g/mol. The Labute approximate surface area is 664 Å². The van der Waals surface area contributed by atoms with Crippen LogP contribution in [0.1, 0.15) is 490 Å². The SMILES string of the molecule is CCCCCCCCCCCCCCCCCCCCCCCC(=O)O[C@H](COC(=O)CCCCCCCCCCCCCCCCCCCCC)COP(=O)(O)OC[C@@H](O)COP(=O)(O)OC[C@@H](COC(=O)CCCCCCCCCCCC)OC(=O)CCCCCCCCCCCCCCCCCCCC. The molecule has 0 aliphatic carbocycles. The lowest BCUT2D eigenvalue weighted by molar-refractivity contribution is -0.161. The van der Waals surface area contributed by atoms with Gasteiger partial charge in [-0.3, -0.25) is 37.3 Å². The fraction of sp³-hybridized carbons (Fsp3) is 0.955. The number of phosphoric ester groups is 2. The summed E-state index contributed by atoms with van der Waals surface area (Å²) in [6.45, 7) is 5.07. The molecule has 0 fully saturated rings. The molecule has 0 saturated heterocycles. The van der Waals surface area contributed by atoms with E-state index in [1.54, 1.807) is 0 Å². The van der Waals surface area contributed by atoms with Crippen molar-refractivity contribution in [3.8, 4) is 0 Å². The van der Waals surface area contributed by atoms with Gasteiger partial charge in [0.05, 0.1) is 26.4 Å². The predicted molar refractivity (Wildman–Crippen MR) is 446 cm³/mol. The van der Waals surface area contributed by atoms with Gasteiger partial charge in [-0.05, 0) is 25.7 Å². The number of hydrogen-bond acceptors (Lipinski definition) is 15. The Morgan fingerprint density at radius 2 is 0.370 bits per heavy atom. The molecule has 0 aromatic carbocycles. The molecule has 0 aromatic heterocycles. The van der Waals surface area contributed by atoms with Gasteiger partial charge in [-0.25, -0.2) is 9.13 Å². The van der Waals surface area contributed by atoms with E-state index in [-0.39, 0.29) is 25.7 Å². The van der Waals surface area contributed by atoms with E-state index in [1.165, 1.54) is 321 Å². The highest BCUT2D eigenvalue weighted by Crippen LogP contribution is 2.45. The lowest BCUT2D eigenvalue weighted by atomic mass is 10.0. The van der Waals surface area contributed by atoms with E-state index < -0.39 is 97.5 Å². The van der Waals surface area contributed by atoms with Crippen molar-refractivity contribution in [2.24, 2.45) is 0 Å². The summed E-state index contributed by atoms with van der Waals surface area (Å²) in [6.07, 6.45) is 79.3. The normalized spacial score (nSPS) is 13.7. The van der Waals surface area contributed by atoms with E-state index in [1.807, 2.05) is 0 Å². The molecule has 0 amide bonds. The zero-order valence-corrected chi connectivity index (χ0v) is 72.6. The molecule has 5 atom stereocenters. The Balaban J connectivity index is 5.21. The van der Waals surface area contributed by atoms with E-state index >= 15 is 0 Å². The Morgan fingerprint density at radius 3 is 0.546 bits per heavy atom. The summed E-state index contributed by atoms with van der Waals surface area (Å²) >= 11 is 0. The van der Waals surface area contributed by atoms with Gasteiger partial charge in [0, 0.05) is 25.7 Å². The smallest absolute Gasteiger partial charge is 0.462 e. The molecule has 0 heterocycles. The van der Waals surface area contributed by atoms with Crippen molar-refractivity contribution >= 4 is 39.5 Å². The molecule has 0 bridgehead atoms. The molecule has 17 nitrogen and oxygen atoms in total. The number of phosphoric acid groups is 2. The van der Waals surface area contributed by atoms with Gasteiger partial charge in [0.2, 0.25) is 0 Å². The van der Waals surface area contributed by atoms with E-state index in [0.29, 0.717) is 25.7 Å². The molecule has 0 aliphatic heterocycles. The Kier molecular flexibility index (Phi) is 81.5. The molecule has 0 spiro atoms. The zero-order valence-electron chi connectivity index (χ0n) is 70.8. The number of hydrogen-bond donors (Lipinski definition) is 3. The first-order valence-corrected chi connectivity index (χ1v) is 49.3. The first-order chi connectivity index (χ1) is 52.7. The van der Waals surface area contributed by atoms with Crippen LogP contribution in [0.5, 0.6) is 0 Å². The first kappa shape index (κ1) is 106. The molecule has 0 rings (SSSR count). The Hall–Kier alpha value is -1.94. The number of carbonyl (C=O) groups is 4. The first-order valence-electron chi connectivity index (χ1n) is 46.3. The minimum atomic E-state index is -4.97. The summed E-state index contributed by atoms with van der Waals surface area (Å²) in [7, 11) is -9.93. The van der Waals surface area contributed by atoms with Crippen molar-refractivity contribution in [2.45, 2.75) is 508 Å². The summed E-state index contributed by atoms with van der Waals surface area (Å²) in [4.78, 5) is 73.3. The summed E-state index contributed by atoms with van der Waals surface area (Å²) in [5.41, 5.74) is 0. The highest BCUT2D eigenvalue weighted by Gasteiger charge is 2.30. The molecule has 108 heavy (non-hydrogen) atoms. The van der Waals surface area contributed by atoms with Gasteiger partial charge in [-0.1, -0.05) is 439 Å². The van der Waals surface area contributed by atoms with Crippen LogP contribution in [0.15, 0.2) is 0 Å². The number of carbonyl (C=O) groups excluding carboxylic acids is 4. The van der Waals surface area contributed by atoms with E-state index in [0.717, 1.165) is 89.9 Å². The molecule has 0 aliphatic rings. The molecule has 3 N–H and O–H groups in total. The molecular weight excluding hydrogens is 1400 g/mol. The van der Waals surface area contributed by atoms with Gasteiger partial charge in [0.15, 0.2) is 12.2 Å². The summed E-state index contributed by atoms with van der Waals surface area (Å²) in [6, 6.07) is 0. The van der Waals surface area contributed by atoms with Gasteiger partial charge >= 0.3 is 39.5 Å². The maximum absolute atomic E-state index is 13.2. The van der Waals surface area contributed by atoms with Crippen molar-refractivity contribution in [3.63, 3.8) is 0 Å². The second-order valence-electron chi connectivity index (χ2n) is 32.0. The van der Waals surface area contributed by atoms with Gasteiger partial charge in [0.1, 0.15) is 19.3 Å². The Morgan fingerprint density at radius 1 is 0.222 bits per heavy atom. The van der Waals surface area contributed by atoms with E-state index in [2.05, 4.69) is 27.7 Å². The summed E-state index contributed by atoms with van der Waals surface area (Å²) in [5.74, 6) is -2.09. The lowest BCUT2D eigenvalue weighted by Gasteiger charge is -2.21. The van der Waals surface area contributed by atoms with Crippen molar-refractivity contribution in [1.29, 1.82) is 0 Å². The predicted octanol–water partition coefficient (Wildman–Crippen LogP) is 27.7. The standard InChI is InChI=1S/C89H174O17P2/c1-5-9-13-17-21-25-29-32-35-38-41-42-44-47-50-53-56-60-64-68-72-76-89(94)106-85(80-100-87(92)74-70-66-62-58-54-51-48-46-43-39-36-33-30-26-22-18-14-10-6-2)82-104-108(97,98)102-78-83(90)77-101-107(95,96)103-81-84(79-99-86(91)73-69-65-61-57-28-24-20-16-12-8-4)105-88(93)75-71-67-63-59-55-52-49-45-40-37-34-31-27-23-19-15-11-7-3/h83-85,90H,5-82H2,1-4H3,(H,95,96)(H,97,98)/t83-,84+,85+/m0/s1. The van der Waals surface area contributed by atoms with Crippen LogP contribution in [-0.4, -0.2) is 96.7 Å².